The number of nitrogen functional groups attached to an aromatic ring is 1. The zero-order chi connectivity index (χ0) is 17.8. The molecule has 3 aliphatic rings. The summed E-state index contributed by atoms with van der Waals surface area (Å²) in [7, 11) is 0. The van der Waals surface area contributed by atoms with Crippen LogP contribution in [-0.2, 0) is 13.0 Å². The molecule has 0 aromatic carbocycles. The van der Waals surface area contributed by atoms with E-state index in [-0.39, 0.29) is 6.17 Å². The number of fused-ring (bicyclic) bond motifs is 1. The van der Waals surface area contributed by atoms with E-state index < -0.39 is 0 Å². The molecule has 0 bridgehead atoms. The third-order valence-corrected chi connectivity index (χ3v) is 6.13. The highest BCUT2D eigenvalue weighted by Gasteiger charge is 2.28. The smallest absolute Gasteiger partial charge is 0.146 e. The van der Waals surface area contributed by atoms with Gasteiger partial charge in [-0.05, 0) is 61.0 Å². The predicted octanol–water partition coefficient (Wildman–Crippen LogP) is 2.07. The number of aromatic nitrogens is 1. The van der Waals surface area contributed by atoms with Crippen molar-refractivity contribution in [1.82, 2.24) is 15.3 Å². The fourth-order valence-corrected chi connectivity index (χ4v) is 4.29. The van der Waals surface area contributed by atoms with E-state index in [1.165, 1.54) is 35.5 Å². The lowest BCUT2D eigenvalue weighted by atomic mass is 10.0. The number of hydrogen-bond acceptors (Lipinski definition) is 7. The van der Waals surface area contributed by atoms with Crippen molar-refractivity contribution in [2.24, 2.45) is 10.8 Å². The molecule has 6 nitrogen and oxygen atoms in total. The number of amidine groups is 1. The van der Waals surface area contributed by atoms with Crippen LogP contribution in [0, 0.1) is 0 Å². The third-order valence-electron chi connectivity index (χ3n) is 4.98. The number of rotatable bonds is 1. The van der Waals surface area contributed by atoms with Gasteiger partial charge in [0.1, 0.15) is 12.0 Å². The summed E-state index contributed by atoms with van der Waals surface area (Å²) in [6.45, 7) is 5.88. The minimum atomic E-state index is 0.0943. The third kappa shape index (κ3) is 4.27. The van der Waals surface area contributed by atoms with Crippen LogP contribution in [0.25, 0.3) is 0 Å². The molecule has 5 N–H and O–H groups in total. The van der Waals surface area contributed by atoms with Crippen LogP contribution in [0.15, 0.2) is 28.5 Å². The first-order chi connectivity index (χ1) is 12.1. The van der Waals surface area contributed by atoms with Gasteiger partial charge in [0.25, 0.3) is 0 Å². The molecule has 1 aromatic rings. The normalized spacial score (nSPS) is 23.3. The SMILES string of the molecule is C1CCSC1.CC1=C(C)C(N2CCc3ncc(N)cc3C2)NN=C1N. The molecular weight excluding hydrogens is 332 g/mol. The van der Waals surface area contributed by atoms with Crippen molar-refractivity contribution >= 4 is 23.3 Å². The number of nitrogens with one attached hydrogen (secondary N) is 1. The number of nitrogens with zero attached hydrogens (tertiary/aromatic N) is 3. The van der Waals surface area contributed by atoms with Crippen LogP contribution in [0.5, 0.6) is 0 Å². The van der Waals surface area contributed by atoms with Crippen LogP contribution in [0.3, 0.4) is 0 Å². The van der Waals surface area contributed by atoms with Gasteiger partial charge in [-0.2, -0.15) is 16.9 Å². The van der Waals surface area contributed by atoms with E-state index in [0.29, 0.717) is 11.5 Å². The lowest BCUT2D eigenvalue weighted by Gasteiger charge is -2.37. The van der Waals surface area contributed by atoms with Crippen LogP contribution in [0.1, 0.15) is 37.9 Å². The van der Waals surface area contributed by atoms with Crippen molar-refractivity contribution in [1.29, 1.82) is 0 Å². The summed E-state index contributed by atoms with van der Waals surface area (Å²) in [4.78, 5) is 6.76. The Balaban J connectivity index is 0.000000314. The Kier molecular flexibility index (Phi) is 5.86. The first kappa shape index (κ1) is 18.1. The Bertz CT molecular complexity index is 673. The summed E-state index contributed by atoms with van der Waals surface area (Å²) < 4.78 is 0. The van der Waals surface area contributed by atoms with E-state index in [0.717, 1.165) is 30.8 Å². The molecule has 1 saturated heterocycles. The second kappa shape index (κ2) is 8.10. The maximum Gasteiger partial charge on any atom is 0.146 e. The zero-order valence-corrected chi connectivity index (χ0v) is 15.9. The van der Waals surface area contributed by atoms with E-state index >= 15 is 0 Å². The van der Waals surface area contributed by atoms with Gasteiger partial charge < -0.3 is 11.5 Å². The number of thioether (sulfide) groups is 1. The van der Waals surface area contributed by atoms with E-state index in [1.54, 1.807) is 6.20 Å². The molecule has 4 heterocycles. The standard InChI is InChI=1S/C14H20N6.C4H8S/c1-8-9(2)14(19-18-13(8)16)20-4-3-12-10(7-20)5-11(15)6-17-12;1-2-4-5-3-1/h5-6,14,19H,3-4,7,15H2,1-2H3,(H2,16,18);1-4H2. The second-order valence-electron chi connectivity index (χ2n) is 6.75. The molecule has 0 amide bonds. The van der Waals surface area contributed by atoms with E-state index in [9.17, 15) is 0 Å². The molecule has 1 atom stereocenters. The van der Waals surface area contributed by atoms with Crippen molar-refractivity contribution in [3.8, 4) is 0 Å². The largest absolute Gasteiger partial charge is 0.397 e. The molecule has 0 radical (unpaired) electrons. The molecule has 136 valence electrons. The van der Waals surface area contributed by atoms with Gasteiger partial charge >= 0.3 is 0 Å². The quantitative estimate of drug-likeness (QED) is 0.710. The highest BCUT2D eigenvalue weighted by Crippen LogP contribution is 2.24. The summed E-state index contributed by atoms with van der Waals surface area (Å²) in [5, 5.41) is 4.20. The van der Waals surface area contributed by atoms with Gasteiger partial charge in [-0.15, -0.1) is 0 Å². The maximum atomic E-state index is 5.84. The van der Waals surface area contributed by atoms with E-state index in [1.807, 2.05) is 13.0 Å². The van der Waals surface area contributed by atoms with E-state index in [2.05, 4.69) is 39.1 Å². The second-order valence-corrected chi connectivity index (χ2v) is 7.98. The molecule has 1 aromatic heterocycles. The molecule has 25 heavy (non-hydrogen) atoms. The summed E-state index contributed by atoms with van der Waals surface area (Å²) in [6.07, 6.45) is 5.68. The van der Waals surface area contributed by atoms with Gasteiger partial charge in [0.15, 0.2) is 0 Å². The molecular formula is C18H28N6S. The molecule has 1 fully saturated rings. The van der Waals surface area contributed by atoms with Crippen molar-refractivity contribution < 1.29 is 0 Å². The first-order valence-electron chi connectivity index (χ1n) is 8.87. The summed E-state index contributed by atoms with van der Waals surface area (Å²) in [5.41, 5.74) is 20.2. The van der Waals surface area contributed by atoms with Crippen LogP contribution < -0.4 is 16.9 Å². The highest BCUT2D eigenvalue weighted by molar-refractivity contribution is 7.99. The Labute approximate surface area is 154 Å². The van der Waals surface area contributed by atoms with Crippen LogP contribution in [-0.4, -0.2) is 39.9 Å². The lowest BCUT2D eigenvalue weighted by molar-refractivity contribution is 0.171. The zero-order valence-electron chi connectivity index (χ0n) is 15.1. The summed E-state index contributed by atoms with van der Waals surface area (Å²) in [6, 6.07) is 2.01. The Morgan fingerprint density at radius 2 is 2.00 bits per heavy atom. The molecule has 7 heteroatoms. The Morgan fingerprint density at radius 1 is 1.24 bits per heavy atom. The van der Waals surface area contributed by atoms with Gasteiger partial charge in [0.2, 0.25) is 0 Å². The molecule has 0 spiro atoms. The van der Waals surface area contributed by atoms with Gasteiger partial charge in [0.05, 0.1) is 11.9 Å². The lowest BCUT2D eigenvalue weighted by Crippen LogP contribution is -2.50. The first-order valence-corrected chi connectivity index (χ1v) is 10.0. The number of nitrogens with two attached hydrogens (primary N) is 2. The van der Waals surface area contributed by atoms with Crippen molar-refractivity contribution in [3.05, 3.63) is 34.7 Å². The molecule has 1 unspecified atom stereocenters. The van der Waals surface area contributed by atoms with Gasteiger partial charge in [-0.3, -0.25) is 15.3 Å². The summed E-state index contributed by atoms with van der Waals surface area (Å²) in [5.74, 6) is 3.40. The van der Waals surface area contributed by atoms with Crippen LogP contribution >= 0.6 is 11.8 Å². The highest BCUT2D eigenvalue weighted by atomic mass is 32.2. The monoisotopic (exact) mass is 360 g/mol. The predicted molar refractivity (Wildman–Crippen MR) is 106 cm³/mol. The number of anilines is 1. The van der Waals surface area contributed by atoms with Gasteiger partial charge in [-0.25, -0.2) is 0 Å². The van der Waals surface area contributed by atoms with Gasteiger partial charge in [-0.1, -0.05) is 0 Å². The van der Waals surface area contributed by atoms with Crippen molar-refractivity contribution in [2.75, 3.05) is 23.8 Å². The molecule has 3 aliphatic heterocycles. The fraction of sp³-hybridized carbons (Fsp3) is 0.556. The minimum Gasteiger partial charge on any atom is -0.397 e. The van der Waals surface area contributed by atoms with Crippen molar-refractivity contribution in [2.45, 2.75) is 45.8 Å². The van der Waals surface area contributed by atoms with Crippen LogP contribution in [0.2, 0.25) is 0 Å². The fourth-order valence-electron chi connectivity index (χ4n) is 3.27. The number of hydrazone groups is 1. The Morgan fingerprint density at radius 3 is 2.68 bits per heavy atom. The molecule has 0 saturated carbocycles. The van der Waals surface area contributed by atoms with Gasteiger partial charge in [0, 0.05) is 25.2 Å². The molecule has 0 aliphatic carbocycles. The average molecular weight is 361 g/mol. The number of hydrogen-bond donors (Lipinski definition) is 3. The average Bonchev–Trinajstić information content (AvgIpc) is 3.19. The van der Waals surface area contributed by atoms with Crippen LogP contribution in [0.4, 0.5) is 5.69 Å². The molecule has 4 rings (SSSR count). The van der Waals surface area contributed by atoms with E-state index in [4.69, 9.17) is 11.5 Å². The number of pyridine rings is 1. The maximum absolute atomic E-state index is 5.84. The van der Waals surface area contributed by atoms with Crippen molar-refractivity contribution in [3.63, 3.8) is 0 Å². The minimum absolute atomic E-state index is 0.0943. The topological polar surface area (TPSA) is 92.6 Å². The Hall–Kier alpha value is -1.73. The summed E-state index contributed by atoms with van der Waals surface area (Å²) >= 11 is 2.07.